The minimum absolute atomic E-state index is 0.0666. The number of halogens is 1. The van der Waals surface area contributed by atoms with Crippen LogP contribution in [0.4, 0.5) is 0 Å². The molecule has 146 valence electrons. The molecule has 0 radical (unpaired) electrons. The Morgan fingerprint density at radius 3 is 2.59 bits per heavy atom. The number of thiophene rings is 1. The first-order chi connectivity index (χ1) is 14.0. The molecule has 0 fully saturated rings. The third kappa shape index (κ3) is 4.23. The molecule has 0 bridgehead atoms. The largest absolute Gasteiger partial charge is 0.508 e. The molecule has 0 spiro atoms. The molecule has 7 nitrogen and oxygen atoms in total. The summed E-state index contributed by atoms with van der Waals surface area (Å²) in [6.45, 7) is 0.294. The van der Waals surface area contributed by atoms with Crippen LogP contribution in [0, 0.1) is 0 Å². The van der Waals surface area contributed by atoms with Gasteiger partial charge in [-0.15, -0.1) is 11.3 Å². The topological polar surface area (TPSA) is 89.1 Å². The number of hydrogen-bond acceptors (Lipinski definition) is 5. The van der Waals surface area contributed by atoms with Gasteiger partial charge < -0.3 is 15.0 Å². The Bertz CT molecular complexity index is 1230. The first-order valence-corrected chi connectivity index (χ1v) is 9.78. The van der Waals surface area contributed by atoms with Crippen molar-refractivity contribution in [2.45, 2.75) is 6.54 Å². The Balaban J connectivity index is 1.45. The van der Waals surface area contributed by atoms with Crippen LogP contribution in [-0.2, 0) is 6.54 Å². The van der Waals surface area contributed by atoms with E-state index in [1.807, 2.05) is 22.9 Å². The summed E-state index contributed by atoms with van der Waals surface area (Å²) in [5, 5.41) is 12.2. The molecule has 0 saturated heterocycles. The highest BCUT2D eigenvalue weighted by atomic mass is 35.5. The Labute approximate surface area is 174 Å². The van der Waals surface area contributed by atoms with Crippen LogP contribution < -0.4 is 10.9 Å². The zero-order valence-electron chi connectivity index (χ0n) is 14.9. The van der Waals surface area contributed by atoms with Gasteiger partial charge in [-0.1, -0.05) is 11.6 Å². The molecule has 0 aliphatic carbocycles. The van der Waals surface area contributed by atoms with Gasteiger partial charge in [0.25, 0.3) is 11.5 Å². The summed E-state index contributed by atoms with van der Waals surface area (Å²) in [5.41, 5.74) is 1.93. The fourth-order valence-corrected chi connectivity index (χ4v) is 3.72. The molecular formula is C20H15ClN4O3S. The van der Waals surface area contributed by atoms with Crippen molar-refractivity contribution >= 4 is 28.8 Å². The lowest BCUT2D eigenvalue weighted by Crippen LogP contribution is -2.21. The van der Waals surface area contributed by atoms with E-state index in [0.29, 0.717) is 27.1 Å². The highest BCUT2D eigenvalue weighted by Gasteiger charge is 2.09. The summed E-state index contributed by atoms with van der Waals surface area (Å²) in [7, 11) is 0. The van der Waals surface area contributed by atoms with Crippen molar-refractivity contribution in [1.82, 2.24) is 19.4 Å². The van der Waals surface area contributed by atoms with Gasteiger partial charge in [0, 0.05) is 29.8 Å². The maximum atomic E-state index is 12.1. The molecule has 1 aromatic carbocycles. The molecule has 0 aliphatic heterocycles. The van der Waals surface area contributed by atoms with Gasteiger partial charge in [-0.05, 0) is 42.5 Å². The van der Waals surface area contributed by atoms with E-state index >= 15 is 0 Å². The molecular weight excluding hydrogens is 412 g/mol. The predicted molar refractivity (Wildman–Crippen MR) is 111 cm³/mol. The third-order valence-corrected chi connectivity index (χ3v) is 5.42. The first kappa shape index (κ1) is 19.0. The average molecular weight is 427 g/mol. The molecule has 0 aliphatic rings. The molecule has 1 amide bonds. The normalized spacial score (nSPS) is 10.8. The van der Waals surface area contributed by atoms with Crippen LogP contribution in [0.3, 0.4) is 0 Å². The number of hydrogen-bond donors (Lipinski definition) is 2. The number of pyridine rings is 1. The van der Waals surface area contributed by atoms with Crippen molar-refractivity contribution in [3.05, 3.63) is 92.5 Å². The van der Waals surface area contributed by atoms with Crippen LogP contribution in [0.25, 0.3) is 11.4 Å². The van der Waals surface area contributed by atoms with Gasteiger partial charge in [-0.25, -0.2) is 4.98 Å². The smallest absolute Gasteiger partial charge is 0.261 e. The van der Waals surface area contributed by atoms with Crippen molar-refractivity contribution in [2.75, 3.05) is 0 Å². The summed E-state index contributed by atoms with van der Waals surface area (Å²) in [4.78, 5) is 28.9. The monoisotopic (exact) mass is 426 g/mol. The number of amides is 1. The van der Waals surface area contributed by atoms with Crippen LogP contribution >= 0.6 is 22.9 Å². The third-order valence-electron chi connectivity index (χ3n) is 4.19. The maximum Gasteiger partial charge on any atom is 0.261 e. The lowest BCUT2D eigenvalue weighted by atomic mass is 10.2. The van der Waals surface area contributed by atoms with E-state index < -0.39 is 0 Å². The second kappa shape index (κ2) is 7.94. The van der Waals surface area contributed by atoms with Crippen LogP contribution in [0.5, 0.6) is 5.75 Å². The summed E-state index contributed by atoms with van der Waals surface area (Å²) in [6.07, 6.45) is 5.00. The molecule has 4 aromatic rings. The van der Waals surface area contributed by atoms with E-state index in [-0.39, 0.29) is 17.2 Å². The quantitative estimate of drug-likeness (QED) is 0.512. The number of carbonyl (C=O) groups is 1. The number of nitrogens with one attached hydrogen (secondary N) is 1. The second-order valence-corrected chi connectivity index (χ2v) is 7.88. The van der Waals surface area contributed by atoms with Crippen LogP contribution in [-0.4, -0.2) is 25.1 Å². The number of carbonyl (C=O) groups excluding carboxylic acids is 1. The van der Waals surface area contributed by atoms with E-state index in [1.54, 1.807) is 30.6 Å². The summed E-state index contributed by atoms with van der Waals surface area (Å²) in [5.74, 6) is -0.261. The highest BCUT2D eigenvalue weighted by molar-refractivity contribution is 7.17. The molecule has 9 heteroatoms. The van der Waals surface area contributed by atoms with Gasteiger partial charge in [-0.3, -0.25) is 14.2 Å². The zero-order valence-corrected chi connectivity index (χ0v) is 16.5. The fraction of sp³-hybridized carbons (Fsp3) is 0.0500. The van der Waals surface area contributed by atoms with Crippen LogP contribution in [0.1, 0.15) is 15.4 Å². The standard InChI is InChI=1S/C20H15ClN4O3S/c21-18-6-5-17(29-18)20(28)22-10-13-11-24(12-23-13)14-1-3-15(4-2-14)25-8-7-16(26)9-19(25)27/h1-9,11-12,26H,10H2,(H,22,28). The fourth-order valence-electron chi connectivity index (χ4n) is 2.76. The number of rotatable bonds is 5. The van der Waals surface area contributed by atoms with Gasteiger partial charge >= 0.3 is 0 Å². The van der Waals surface area contributed by atoms with Gasteiger partial charge in [0.15, 0.2) is 0 Å². The Morgan fingerprint density at radius 2 is 1.90 bits per heavy atom. The summed E-state index contributed by atoms with van der Waals surface area (Å²) >= 11 is 7.08. The van der Waals surface area contributed by atoms with E-state index in [1.165, 1.54) is 28.2 Å². The van der Waals surface area contributed by atoms with Gasteiger partial charge in [0.1, 0.15) is 5.75 Å². The minimum Gasteiger partial charge on any atom is -0.508 e. The number of benzene rings is 1. The molecule has 0 atom stereocenters. The highest BCUT2D eigenvalue weighted by Crippen LogP contribution is 2.21. The summed E-state index contributed by atoms with van der Waals surface area (Å²) < 4.78 is 3.83. The van der Waals surface area contributed by atoms with Crippen molar-refractivity contribution in [3.63, 3.8) is 0 Å². The lowest BCUT2D eigenvalue weighted by Gasteiger charge is -2.07. The van der Waals surface area contributed by atoms with Gasteiger partial charge in [0.2, 0.25) is 0 Å². The number of nitrogens with zero attached hydrogens (tertiary/aromatic N) is 3. The van der Waals surface area contributed by atoms with E-state index in [2.05, 4.69) is 10.3 Å². The van der Waals surface area contributed by atoms with Gasteiger partial charge in [-0.2, -0.15) is 0 Å². The van der Waals surface area contributed by atoms with Crippen LogP contribution in [0.2, 0.25) is 4.34 Å². The lowest BCUT2D eigenvalue weighted by molar-refractivity contribution is 0.0954. The predicted octanol–water partition coefficient (Wildman–Crippen LogP) is 3.37. The average Bonchev–Trinajstić information content (AvgIpc) is 3.36. The van der Waals surface area contributed by atoms with Crippen molar-refractivity contribution in [2.24, 2.45) is 0 Å². The Hall–Kier alpha value is -3.36. The molecule has 3 heterocycles. The molecule has 3 aromatic heterocycles. The first-order valence-electron chi connectivity index (χ1n) is 8.58. The molecule has 0 unspecified atom stereocenters. The van der Waals surface area contributed by atoms with E-state index in [9.17, 15) is 14.7 Å². The van der Waals surface area contributed by atoms with Crippen molar-refractivity contribution in [3.8, 4) is 17.1 Å². The van der Waals surface area contributed by atoms with Gasteiger partial charge in [0.05, 0.1) is 27.8 Å². The molecule has 4 rings (SSSR count). The Kier molecular flexibility index (Phi) is 5.20. The van der Waals surface area contributed by atoms with E-state index in [0.717, 1.165) is 11.8 Å². The second-order valence-electron chi connectivity index (χ2n) is 6.17. The maximum absolute atomic E-state index is 12.1. The molecule has 2 N–H and O–H groups in total. The van der Waals surface area contributed by atoms with Crippen molar-refractivity contribution in [1.29, 1.82) is 0 Å². The molecule has 0 saturated carbocycles. The molecule has 29 heavy (non-hydrogen) atoms. The number of aromatic nitrogens is 3. The number of aromatic hydroxyl groups is 1. The van der Waals surface area contributed by atoms with Crippen molar-refractivity contribution < 1.29 is 9.90 Å². The summed E-state index contributed by atoms with van der Waals surface area (Å²) in [6, 6.07) is 13.3. The minimum atomic E-state index is -0.314. The number of imidazole rings is 1. The van der Waals surface area contributed by atoms with E-state index in [4.69, 9.17) is 11.6 Å². The SMILES string of the molecule is O=C(NCc1cn(-c2ccc(-n3ccc(O)cc3=O)cc2)cn1)c1ccc(Cl)s1. The van der Waals surface area contributed by atoms with Crippen LogP contribution in [0.15, 0.2) is 72.0 Å². The zero-order chi connectivity index (χ0) is 20.4. The Morgan fingerprint density at radius 1 is 1.14 bits per heavy atom.